The normalized spacial score (nSPS) is 21.7. The van der Waals surface area contributed by atoms with E-state index in [1.165, 1.54) is 10.4 Å². The molecule has 2 aliphatic heterocycles. The molecule has 138 valence electrons. The van der Waals surface area contributed by atoms with Gasteiger partial charge < -0.3 is 15.0 Å². The van der Waals surface area contributed by atoms with Gasteiger partial charge in [0.05, 0.1) is 13.2 Å². The highest BCUT2D eigenvalue weighted by Crippen LogP contribution is 2.32. The Morgan fingerprint density at radius 1 is 1.32 bits per heavy atom. The quantitative estimate of drug-likeness (QED) is 0.890. The minimum absolute atomic E-state index is 0.0834. The van der Waals surface area contributed by atoms with Gasteiger partial charge in [0.1, 0.15) is 0 Å². The molecule has 0 unspecified atom stereocenters. The van der Waals surface area contributed by atoms with Crippen LogP contribution in [0.4, 0.5) is 4.79 Å². The van der Waals surface area contributed by atoms with Crippen LogP contribution >= 0.6 is 11.3 Å². The molecule has 3 heterocycles. The van der Waals surface area contributed by atoms with Crippen LogP contribution in [0.1, 0.15) is 43.2 Å². The van der Waals surface area contributed by atoms with Gasteiger partial charge in [0.15, 0.2) is 0 Å². The second-order valence-corrected chi connectivity index (χ2v) is 7.72. The summed E-state index contributed by atoms with van der Waals surface area (Å²) < 4.78 is 5.03. The van der Waals surface area contributed by atoms with Crippen molar-refractivity contribution in [3.05, 3.63) is 21.9 Å². The molecular formula is C18H27N3O3S. The highest BCUT2D eigenvalue weighted by atomic mass is 32.1. The van der Waals surface area contributed by atoms with Gasteiger partial charge in [-0.15, -0.1) is 11.3 Å². The zero-order valence-electron chi connectivity index (χ0n) is 15.0. The van der Waals surface area contributed by atoms with Crippen molar-refractivity contribution < 1.29 is 14.3 Å². The molecule has 1 fully saturated rings. The van der Waals surface area contributed by atoms with Crippen molar-refractivity contribution in [3.8, 4) is 0 Å². The van der Waals surface area contributed by atoms with Crippen LogP contribution < -0.4 is 5.32 Å². The van der Waals surface area contributed by atoms with Gasteiger partial charge >= 0.3 is 6.09 Å². The summed E-state index contributed by atoms with van der Waals surface area (Å²) in [4.78, 5) is 29.6. The molecule has 0 bridgehead atoms. The lowest BCUT2D eigenvalue weighted by Gasteiger charge is -2.34. The Bertz CT molecular complexity index is 610. The van der Waals surface area contributed by atoms with Crippen molar-refractivity contribution in [2.75, 3.05) is 32.8 Å². The van der Waals surface area contributed by atoms with Crippen LogP contribution in [0, 0.1) is 0 Å². The smallest absolute Gasteiger partial charge is 0.409 e. The first-order valence-electron chi connectivity index (χ1n) is 9.10. The summed E-state index contributed by atoms with van der Waals surface area (Å²) in [6.07, 6.45) is 2.35. The first kappa shape index (κ1) is 18.2. The first-order chi connectivity index (χ1) is 12.1. The number of piperidine rings is 1. The van der Waals surface area contributed by atoms with Gasteiger partial charge in [-0.2, -0.15) is 0 Å². The molecule has 7 heteroatoms. The molecule has 6 nitrogen and oxygen atoms in total. The zero-order chi connectivity index (χ0) is 17.8. The number of nitrogens with zero attached hydrogens (tertiary/aromatic N) is 2. The Morgan fingerprint density at radius 2 is 2.08 bits per heavy atom. The maximum Gasteiger partial charge on any atom is 0.409 e. The maximum atomic E-state index is 12.4. The summed E-state index contributed by atoms with van der Waals surface area (Å²) in [5.41, 5.74) is 1.37. The van der Waals surface area contributed by atoms with E-state index in [1.54, 1.807) is 4.90 Å². The fourth-order valence-electron chi connectivity index (χ4n) is 3.66. The zero-order valence-corrected chi connectivity index (χ0v) is 15.8. The number of carbonyl (C=O) groups excluding carboxylic acids is 2. The largest absolute Gasteiger partial charge is 0.450 e. The maximum absolute atomic E-state index is 12.4. The topological polar surface area (TPSA) is 61.9 Å². The molecule has 0 radical (unpaired) electrons. The average Bonchev–Trinajstić information content (AvgIpc) is 3.08. The van der Waals surface area contributed by atoms with E-state index < -0.39 is 0 Å². The molecule has 25 heavy (non-hydrogen) atoms. The number of likely N-dealkylation sites (tertiary alicyclic amines) is 1. The number of carbonyl (C=O) groups is 2. The number of fused-ring (bicyclic) bond motifs is 1. The van der Waals surface area contributed by atoms with E-state index in [-0.39, 0.29) is 18.0 Å². The number of rotatable bonds is 4. The van der Waals surface area contributed by atoms with Crippen molar-refractivity contribution in [1.82, 2.24) is 15.1 Å². The summed E-state index contributed by atoms with van der Waals surface area (Å²) in [6, 6.07) is 2.63. The number of hydrogen-bond acceptors (Lipinski definition) is 5. The molecule has 1 aromatic rings. The minimum Gasteiger partial charge on any atom is -0.450 e. The van der Waals surface area contributed by atoms with E-state index in [0.29, 0.717) is 32.3 Å². The number of amides is 2. The molecular weight excluding hydrogens is 338 g/mol. The standard InChI is InChI=1S/C18H27N3O3S/c1-3-24-18(23)20-8-4-14(5-9-20)19-17(22)12-21-10-6-16-15(13(21)2)7-11-25-16/h7,11,13-14H,3-6,8-10,12H2,1-2H3,(H,19,22)/t13-/m0/s1. The van der Waals surface area contributed by atoms with Gasteiger partial charge in [0, 0.05) is 36.6 Å². The van der Waals surface area contributed by atoms with Crippen molar-refractivity contribution in [1.29, 1.82) is 0 Å². The predicted molar refractivity (Wildman–Crippen MR) is 97.8 cm³/mol. The number of thiophene rings is 1. The molecule has 0 spiro atoms. The summed E-state index contributed by atoms with van der Waals surface area (Å²) in [7, 11) is 0. The monoisotopic (exact) mass is 365 g/mol. The van der Waals surface area contributed by atoms with Crippen LogP contribution in [-0.4, -0.2) is 60.6 Å². The van der Waals surface area contributed by atoms with Crippen LogP contribution in [-0.2, 0) is 16.0 Å². The molecule has 2 amide bonds. The summed E-state index contributed by atoms with van der Waals surface area (Å²) >= 11 is 1.81. The molecule has 0 aliphatic carbocycles. The van der Waals surface area contributed by atoms with Gasteiger partial charge in [-0.05, 0) is 50.1 Å². The summed E-state index contributed by atoms with van der Waals surface area (Å²) in [6.45, 7) is 7.04. The molecule has 1 N–H and O–H groups in total. The summed E-state index contributed by atoms with van der Waals surface area (Å²) in [5.74, 6) is 0.0834. The van der Waals surface area contributed by atoms with E-state index in [1.807, 2.05) is 18.3 Å². The Kier molecular flexibility index (Phi) is 5.96. The lowest BCUT2D eigenvalue weighted by molar-refractivity contribution is -0.123. The van der Waals surface area contributed by atoms with Gasteiger partial charge in [0.2, 0.25) is 5.91 Å². The van der Waals surface area contributed by atoms with Crippen LogP contribution in [0.2, 0.25) is 0 Å². The molecule has 1 aromatic heterocycles. The van der Waals surface area contributed by atoms with Crippen LogP contribution in [0.5, 0.6) is 0 Å². The molecule has 3 rings (SSSR count). The molecule has 2 aliphatic rings. The van der Waals surface area contributed by atoms with Crippen molar-refractivity contribution >= 4 is 23.3 Å². The van der Waals surface area contributed by atoms with E-state index in [0.717, 1.165) is 25.8 Å². The third kappa shape index (κ3) is 4.33. The van der Waals surface area contributed by atoms with Crippen LogP contribution in [0.25, 0.3) is 0 Å². The highest BCUT2D eigenvalue weighted by molar-refractivity contribution is 7.10. The Hall–Kier alpha value is -1.60. The van der Waals surface area contributed by atoms with Gasteiger partial charge in [0.25, 0.3) is 0 Å². The van der Waals surface area contributed by atoms with Gasteiger partial charge in [-0.1, -0.05) is 0 Å². The van der Waals surface area contributed by atoms with Crippen molar-refractivity contribution in [2.24, 2.45) is 0 Å². The average molecular weight is 365 g/mol. The fourth-order valence-corrected chi connectivity index (χ4v) is 4.62. The lowest BCUT2D eigenvalue weighted by atomic mass is 10.0. The third-order valence-electron chi connectivity index (χ3n) is 5.14. The van der Waals surface area contributed by atoms with E-state index in [2.05, 4.69) is 28.6 Å². The third-order valence-corrected chi connectivity index (χ3v) is 6.13. The van der Waals surface area contributed by atoms with E-state index in [9.17, 15) is 9.59 Å². The van der Waals surface area contributed by atoms with Crippen molar-refractivity contribution in [3.63, 3.8) is 0 Å². The predicted octanol–water partition coefficient (Wildman–Crippen LogP) is 2.40. The Labute approximate surface area is 153 Å². The van der Waals surface area contributed by atoms with Crippen molar-refractivity contribution in [2.45, 2.75) is 45.2 Å². The molecule has 0 saturated carbocycles. The Balaban J connectivity index is 1.44. The minimum atomic E-state index is -0.249. The van der Waals surface area contributed by atoms with Crippen LogP contribution in [0.3, 0.4) is 0 Å². The molecule has 0 aromatic carbocycles. The molecule has 1 atom stereocenters. The van der Waals surface area contributed by atoms with Gasteiger partial charge in [-0.3, -0.25) is 9.69 Å². The highest BCUT2D eigenvalue weighted by Gasteiger charge is 2.28. The van der Waals surface area contributed by atoms with Gasteiger partial charge in [-0.25, -0.2) is 4.79 Å². The second-order valence-electron chi connectivity index (χ2n) is 6.72. The lowest BCUT2D eigenvalue weighted by Crippen LogP contribution is -2.49. The van der Waals surface area contributed by atoms with Crippen LogP contribution in [0.15, 0.2) is 11.4 Å². The fraction of sp³-hybridized carbons (Fsp3) is 0.667. The number of hydrogen-bond donors (Lipinski definition) is 1. The number of ether oxygens (including phenoxy) is 1. The SMILES string of the molecule is CCOC(=O)N1CCC(NC(=O)CN2CCc3sccc3[C@@H]2C)CC1. The number of nitrogens with one attached hydrogen (secondary N) is 1. The molecule has 1 saturated heterocycles. The van der Waals surface area contributed by atoms with E-state index in [4.69, 9.17) is 4.74 Å². The second kappa shape index (κ2) is 8.19. The van der Waals surface area contributed by atoms with E-state index >= 15 is 0 Å². The first-order valence-corrected chi connectivity index (χ1v) is 9.97. The summed E-state index contributed by atoms with van der Waals surface area (Å²) in [5, 5.41) is 5.28. The Morgan fingerprint density at radius 3 is 2.80 bits per heavy atom.